The van der Waals surface area contributed by atoms with E-state index in [4.69, 9.17) is 0 Å². The van der Waals surface area contributed by atoms with E-state index in [1.807, 2.05) is 6.92 Å². The van der Waals surface area contributed by atoms with Crippen molar-refractivity contribution in [2.24, 2.45) is 11.3 Å². The Morgan fingerprint density at radius 1 is 1.37 bits per heavy atom. The molecule has 1 fully saturated rings. The Labute approximate surface area is 115 Å². The molecule has 2 amide bonds. The van der Waals surface area contributed by atoms with Crippen molar-refractivity contribution in [3.8, 4) is 0 Å². The summed E-state index contributed by atoms with van der Waals surface area (Å²) in [5, 5.41) is 12.2. The van der Waals surface area contributed by atoms with Gasteiger partial charge in [-0.25, -0.2) is 4.79 Å². The van der Waals surface area contributed by atoms with Crippen molar-refractivity contribution in [2.75, 3.05) is 13.1 Å². The first-order valence-corrected chi connectivity index (χ1v) is 7.03. The zero-order valence-corrected chi connectivity index (χ0v) is 12.4. The summed E-state index contributed by atoms with van der Waals surface area (Å²) in [7, 11) is 0. The first-order chi connectivity index (χ1) is 8.74. The summed E-state index contributed by atoms with van der Waals surface area (Å²) >= 11 is 0. The molecular weight excluding hydrogens is 244 g/mol. The number of hydrogen-bond donors (Lipinski definition) is 2. The molecule has 0 aromatic heterocycles. The van der Waals surface area contributed by atoms with Gasteiger partial charge in [0.2, 0.25) is 0 Å². The van der Waals surface area contributed by atoms with Crippen LogP contribution < -0.4 is 5.32 Å². The van der Waals surface area contributed by atoms with Gasteiger partial charge in [0.15, 0.2) is 0 Å². The number of carboxylic acids is 1. The normalized spacial score (nSPS) is 25.2. The van der Waals surface area contributed by atoms with Crippen molar-refractivity contribution in [1.82, 2.24) is 10.2 Å². The van der Waals surface area contributed by atoms with E-state index in [2.05, 4.69) is 19.2 Å². The summed E-state index contributed by atoms with van der Waals surface area (Å²) in [6.07, 6.45) is 2.30. The summed E-state index contributed by atoms with van der Waals surface area (Å²) in [5.74, 6) is -0.291. The van der Waals surface area contributed by atoms with Crippen LogP contribution in [0.4, 0.5) is 4.79 Å². The van der Waals surface area contributed by atoms with E-state index < -0.39 is 11.4 Å². The molecule has 1 aliphatic heterocycles. The molecule has 0 bridgehead atoms. The number of likely N-dealkylation sites (tertiary alicyclic amines) is 1. The summed E-state index contributed by atoms with van der Waals surface area (Å²) in [6.45, 7) is 8.87. The predicted molar refractivity (Wildman–Crippen MR) is 74.0 cm³/mol. The van der Waals surface area contributed by atoms with Crippen LogP contribution in [0.3, 0.4) is 0 Å². The lowest BCUT2D eigenvalue weighted by Crippen LogP contribution is -2.52. The van der Waals surface area contributed by atoms with E-state index in [9.17, 15) is 14.7 Å². The second-order valence-electron chi connectivity index (χ2n) is 6.37. The molecule has 1 rings (SSSR count). The van der Waals surface area contributed by atoms with Crippen molar-refractivity contribution in [1.29, 1.82) is 0 Å². The maximum atomic E-state index is 12.1. The Balaban J connectivity index is 2.55. The van der Waals surface area contributed by atoms with Crippen LogP contribution in [0.25, 0.3) is 0 Å². The number of rotatable bonds is 4. The molecular formula is C14H26N2O3. The lowest BCUT2D eigenvalue weighted by molar-refractivity contribution is -0.150. The van der Waals surface area contributed by atoms with E-state index in [0.717, 1.165) is 12.8 Å². The Morgan fingerprint density at radius 3 is 2.53 bits per heavy atom. The first-order valence-electron chi connectivity index (χ1n) is 7.03. The number of nitrogens with zero attached hydrogens (tertiary/aromatic N) is 1. The molecule has 2 N–H and O–H groups in total. The SMILES string of the molecule is CC(C)CC(C)NC(=O)N1CCCC(C)(C(=O)O)C1. The van der Waals surface area contributed by atoms with Crippen LogP contribution in [0.1, 0.15) is 47.0 Å². The minimum absolute atomic E-state index is 0.116. The van der Waals surface area contributed by atoms with Crippen molar-refractivity contribution >= 4 is 12.0 Å². The summed E-state index contributed by atoms with van der Waals surface area (Å²) in [6, 6.07) is -0.0224. The van der Waals surface area contributed by atoms with Crippen molar-refractivity contribution in [3.63, 3.8) is 0 Å². The van der Waals surface area contributed by atoms with Crippen LogP contribution in [0, 0.1) is 11.3 Å². The summed E-state index contributed by atoms with van der Waals surface area (Å²) in [5.41, 5.74) is -0.809. The summed E-state index contributed by atoms with van der Waals surface area (Å²) in [4.78, 5) is 25.0. The van der Waals surface area contributed by atoms with E-state index in [1.54, 1.807) is 11.8 Å². The third-order valence-electron chi connectivity index (χ3n) is 3.69. The van der Waals surface area contributed by atoms with Gasteiger partial charge in [-0.1, -0.05) is 13.8 Å². The van der Waals surface area contributed by atoms with Gasteiger partial charge in [0, 0.05) is 19.1 Å². The number of aliphatic carboxylic acids is 1. The molecule has 2 atom stereocenters. The molecule has 0 aliphatic carbocycles. The molecule has 1 heterocycles. The highest BCUT2D eigenvalue weighted by Gasteiger charge is 2.39. The maximum absolute atomic E-state index is 12.1. The van der Waals surface area contributed by atoms with Crippen molar-refractivity contribution in [2.45, 2.75) is 53.0 Å². The summed E-state index contributed by atoms with van der Waals surface area (Å²) < 4.78 is 0. The number of urea groups is 1. The van der Waals surface area contributed by atoms with Crippen LogP contribution >= 0.6 is 0 Å². The molecule has 0 aromatic rings. The molecule has 0 aromatic carbocycles. The average Bonchev–Trinajstić information content (AvgIpc) is 2.27. The molecule has 5 nitrogen and oxygen atoms in total. The van der Waals surface area contributed by atoms with Crippen molar-refractivity contribution in [3.05, 3.63) is 0 Å². The van der Waals surface area contributed by atoms with Crippen LogP contribution in [-0.2, 0) is 4.79 Å². The first kappa shape index (κ1) is 15.8. The fourth-order valence-corrected chi connectivity index (χ4v) is 2.66. The Morgan fingerprint density at radius 2 is 2.00 bits per heavy atom. The molecule has 0 spiro atoms. The number of carboxylic acid groups (broad SMARTS) is 1. The molecule has 1 aliphatic rings. The highest BCUT2D eigenvalue weighted by atomic mass is 16.4. The van der Waals surface area contributed by atoms with Gasteiger partial charge in [0.05, 0.1) is 5.41 Å². The zero-order valence-electron chi connectivity index (χ0n) is 12.4. The standard InChI is InChI=1S/C14H26N2O3/c1-10(2)8-11(3)15-13(19)16-7-5-6-14(4,9-16)12(17)18/h10-11H,5-9H2,1-4H3,(H,15,19)(H,17,18). The van der Waals surface area contributed by atoms with Gasteiger partial charge in [0.1, 0.15) is 0 Å². The van der Waals surface area contributed by atoms with Gasteiger partial charge >= 0.3 is 12.0 Å². The van der Waals surface area contributed by atoms with E-state index >= 15 is 0 Å². The van der Waals surface area contributed by atoms with Gasteiger partial charge in [-0.2, -0.15) is 0 Å². The zero-order chi connectivity index (χ0) is 14.6. The number of hydrogen-bond acceptors (Lipinski definition) is 2. The number of carbonyl (C=O) groups is 2. The van der Waals surface area contributed by atoms with Gasteiger partial charge < -0.3 is 15.3 Å². The van der Waals surface area contributed by atoms with Gasteiger partial charge in [-0.05, 0) is 39.0 Å². The third-order valence-corrected chi connectivity index (χ3v) is 3.69. The molecule has 5 heteroatoms. The molecule has 0 saturated carbocycles. The number of carbonyl (C=O) groups excluding carboxylic acids is 1. The van der Waals surface area contributed by atoms with Gasteiger partial charge in [-0.3, -0.25) is 4.79 Å². The van der Waals surface area contributed by atoms with Gasteiger partial charge in [-0.15, -0.1) is 0 Å². The Hall–Kier alpha value is -1.26. The smallest absolute Gasteiger partial charge is 0.317 e. The number of nitrogens with one attached hydrogen (secondary N) is 1. The van der Waals surface area contributed by atoms with E-state index in [-0.39, 0.29) is 12.1 Å². The van der Waals surface area contributed by atoms with Crippen LogP contribution in [-0.4, -0.2) is 41.1 Å². The van der Waals surface area contributed by atoms with E-state index in [0.29, 0.717) is 25.4 Å². The molecule has 2 unspecified atom stereocenters. The molecule has 110 valence electrons. The molecule has 1 saturated heterocycles. The largest absolute Gasteiger partial charge is 0.481 e. The molecule has 19 heavy (non-hydrogen) atoms. The Bertz CT molecular complexity index is 344. The lowest BCUT2D eigenvalue weighted by Gasteiger charge is -2.38. The van der Waals surface area contributed by atoms with Crippen LogP contribution in [0.5, 0.6) is 0 Å². The van der Waals surface area contributed by atoms with Crippen LogP contribution in [0.15, 0.2) is 0 Å². The second-order valence-corrected chi connectivity index (χ2v) is 6.37. The van der Waals surface area contributed by atoms with E-state index in [1.165, 1.54) is 0 Å². The van der Waals surface area contributed by atoms with Crippen LogP contribution in [0.2, 0.25) is 0 Å². The fraction of sp³-hybridized carbons (Fsp3) is 0.857. The highest BCUT2D eigenvalue weighted by molar-refractivity contribution is 5.78. The minimum atomic E-state index is -0.819. The lowest BCUT2D eigenvalue weighted by atomic mass is 9.82. The van der Waals surface area contributed by atoms with Gasteiger partial charge in [0.25, 0.3) is 0 Å². The maximum Gasteiger partial charge on any atom is 0.317 e. The highest BCUT2D eigenvalue weighted by Crippen LogP contribution is 2.29. The molecule has 0 radical (unpaired) electrons. The number of piperidine rings is 1. The topological polar surface area (TPSA) is 69.6 Å². The minimum Gasteiger partial charge on any atom is -0.481 e. The monoisotopic (exact) mass is 270 g/mol. The average molecular weight is 270 g/mol. The quantitative estimate of drug-likeness (QED) is 0.823. The second kappa shape index (κ2) is 6.26. The number of amides is 2. The Kier molecular flexibility index (Phi) is 5.20. The fourth-order valence-electron chi connectivity index (χ4n) is 2.66. The predicted octanol–water partition coefficient (Wildman–Crippen LogP) is 2.32. The van der Waals surface area contributed by atoms with Crippen molar-refractivity contribution < 1.29 is 14.7 Å². The third kappa shape index (κ3) is 4.40.